The van der Waals surface area contributed by atoms with Crippen LogP contribution < -0.4 is 11.1 Å². The van der Waals surface area contributed by atoms with Crippen molar-refractivity contribution in [2.24, 2.45) is 0 Å². The van der Waals surface area contributed by atoms with E-state index in [1.54, 1.807) is 24.3 Å². The van der Waals surface area contributed by atoms with Crippen molar-refractivity contribution < 1.29 is 14.3 Å². The van der Waals surface area contributed by atoms with E-state index in [9.17, 15) is 9.59 Å². The highest BCUT2D eigenvalue weighted by Gasteiger charge is 2.28. The molecule has 0 spiro atoms. The van der Waals surface area contributed by atoms with Crippen LogP contribution in [0.25, 0.3) is 0 Å². The van der Waals surface area contributed by atoms with E-state index in [1.807, 2.05) is 20.8 Å². The van der Waals surface area contributed by atoms with Crippen LogP contribution >= 0.6 is 23.7 Å². The molecule has 0 unspecified atom stereocenters. The summed E-state index contributed by atoms with van der Waals surface area (Å²) in [4.78, 5) is 29.0. The largest absolute Gasteiger partial charge is 0.465 e. The second-order valence-corrected chi connectivity index (χ2v) is 6.98. The number of hydrogen-bond acceptors (Lipinski definition) is 6. The maximum absolute atomic E-state index is 12.3. The maximum Gasteiger partial charge on any atom is 0.350 e. The lowest BCUT2D eigenvalue weighted by Crippen LogP contribution is -2.17. The number of carbonyl (C=O) groups is 2. The molecule has 6 nitrogen and oxygen atoms in total. The molecule has 1 amide bonds. The Morgan fingerprint density at radius 3 is 2.42 bits per heavy atom. The van der Waals surface area contributed by atoms with E-state index in [0.717, 1.165) is 11.3 Å². The molecule has 24 heavy (non-hydrogen) atoms. The highest BCUT2D eigenvalue weighted by molar-refractivity contribution is 7.17. The number of halogens is 1. The van der Waals surface area contributed by atoms with Gasteiger partial charge in [-0.1, -0.05) is 44.2 Å². The topological polar surface area (TPSA) is 94.3 Å². The minimum Gasteiger partial charge on any atom is -0.465 e. The van der Waals surface area contributed by atoms with Gasteiger partial charge in [0.25, 0.3) is 5.91 Å². The van der Waals surface area contributed by atoms with Crippen LogP contribution in [0.4, 0.5) is 10.8 Å². The average molecular weight is 370 g/mol. The zero-order valence-electron chi connectivity index (χ0n) is 13.9. The van der Waals surface area contributed by atoms with Crippen LogP contribution in [0.15, 0.2) is 24.3 Å². The van der Waals surface area contributed by atoms with Crippen molar-refractivity contribution >= 4 is 46.4 Å². The number of hydrogen-bond donors (Lipinski definition) is 2. The summed E-state index contributed by atoms with van der Waals surface area (Å²) in [6.07, 6.45) is 0. The Kier molecular flexibility index (Phi) is 6.34. The fraction of sp³-hybridized carbons (Fsp3) is 0.312. The molecule has 0 bridgehead atoms. The van der Waals surface area contributed by atoms with Crippen molar-refractivity contribution in [1.82, 2.24) is 4.98 Å². The van der Waals surface area contributed by atoms with E-state index in [2.05, 4.69) is 10.3 Å². The highest BCUT2D eigenvalue weighted by atomic mass is 35.5. The van der Waals surface area contributed by atoms with Crippen LogP contribution in [0.2, 0.25) is 0 Å². The Balaban J connectivity index is 0.00000288. The molecular weight excluding hydrogens is 350 g/mol. The number of para-hydroxylation sites is 1. The van der Waals surface area contributed by atoms with Gasteiger partial charge in [0, 0.05) is 11.1 Å². The van der Waals surface area contributed by atoms with Crippen molar-refractivity contribution in [1.29, 1.82) is 0 Å². The number of anilines is 2. The summed E-state index contributed by atoms with van der Waals surface area (Å²) in [5.41, 5.74) is 6.77. The van der Waals surface area contributed by atoms with Crippen LogP contribution in [0.1, 0.15) is 46.5 Å². The Morgan fingerprint density at radius 1 is 1.25 bits per heavy atom. The number of carbonyl (C=O) groups excluding carboxylic acids is 2. The third-order valence-electron chi connectivity index (χ3n) is 3.13. The number of amides is 1. The Labute approximate surface area is 150 Å². The van der Waals surface area contributed by atoms with Gasteiger partial charge >= 0.3 is 5.97 Å². The van der Waals surface area contributed by atoms with Gasteiger partial charge in [0.05, 0.1) is 18.4 Å². The first-order chi connectivity index (χ1) is 10.7. The molecular formula is C16H20ClN3O3S. The van der Waals surface area contributed by atoms with Crippen LogP contribution in [0.3, 0.4) is 0 Å². The van der Waals surface area contributed by atoms with Gasteiger partial charge in [-0.15, -0.1) is 12.4 Å². The second-order valence-electron chi connectivity index (χ2n) is 5.98. The third-order valence-corrected chi connectivity index (χ3v) is 4.09. The van der Waals surface area contributed by atoms with Crippen molar-refractivity contribution in [3.05, 3.63) is 40.4 Å². The maximum atomic E-state index is 12.3. The van der Waals surface area contributed by atoms with Crippen molar-refractivity contribution in [2.45, 2.75) is 26.2 Å². The molecule has 1 aromatic carbocycles. The number of nitrogen functional groups attached to an aromatic ring is 1. The van der Waals surface area contributed by atoms with Gasteiger partial charge in [0.15, 0.2) is 5.13 Å². The number of aromatic nitrogens is 1. The first-order valence-corrected chi connectivity index (χ1v) is 7.81. The summed E-state index contributed by atoms with van der Waals surface area (Å²) in [7, 11) is 1.32. The van der Waals surface area contributed by atoms with E-state index in [-0.39, 0.29) is 23.7 Å². The van der Waals surface area contributed by atoms with Crippen molar-refractivity contribution in [3.63, 3.8) is 0 Å². The van der Waals surface area contributed by atoms with Gasteiger partial charge in [-0.2, -0.15) is 0 Å². The SMILES string of the molecule is COC(=O)c1sc(NC(=O)c2ccccc2N)nc1C(C)(C)C.Cl. The van der Waals surface area contributed by atoms with Crippen molar-refractivity contribution in [3.8, 4) is 0 Å². The van der Waals surface area contributed by atoms with Gasteiger partial charge in [0.1, 0.15) is 4.88 Å². The summed E-state index contributed by atoms with van der Waals surface area (Å²) in [6.45, 7) is 5.82. The predicted octanol–water partition coefficient (Wildman–Crippen LogP) is 3.48. The van der Waals surface area contributed by atoms with E-state index < -0.39 is 5.97 Å². The zero-order valence-corrected chi connectivity index (χ0v) is 15.5. The van der Waals surface area contributed by atoms with Crippen LogP contribution in [-0.4, -0.2) is 24.0 Å². The summed E-state index contributed by atoms with van der Waals surface area (Å²) in [6, 6.07) is 6.76. The summed E-state index contributed by atoms with van der Waals surface area (Å²) in [5, 5.41) is 3.03. The van der Waals surface area contributed by atoms with Crippen LogP contribution in [0, 0.1) is 0 Å². The van der Waals surface area contributed by atoms with Crippen LogP contribution in [-0.2, 0) is 10.2 Å². The number of methoxy groups -OCH3 is 1. The fourth-order valence-corrected chi connectivity index (χ4v) is 3.07. The molecule has 130 valence electrons. The monoisotopic (exact) mass is 369 g/mol. The van der Waals surface area contributed by atoms with Gasteiger partial charge in [-0.25, -0.2) is 9.78 Å². The molecule has 0 aliphatic rings. The van der Waals surface area contributed by atoms with Gasteiger partial charge in [-0.05, 0) is 12.1 Å². The minimum atomic E-state index is -0.466. The molecule has 0 aliphatic carbocycles. The van der Waals surface area contributed by atoms with E-state index in [4.69, 9.17) is 10.5 Å². The molecule has 1 heterocycles. The number of nitrogens with two attached hydrogens (primary N) is 1. The lowest BCUT2D eigenvalue weighted by molar-refractivity contribution is 0.0603. The van der Waals surface area contributed by atoms with E-state index in [0.29, 0.717) is 27.0 Å². The number of nitrogens with zero attached hydrogens (tertiary/aromatic N) is 1. The van der Waals surface area contributed by atoms with Gasteiger partial charge in [0.2, 0.25) is 0 Å². The smallest absolute Gasteiger partial charge is 0.350 e. The first kappa shape index (κ1) is 19.9. The quantitative estimate of drug-likeness (QED) is 0.638. The molecule has 1 aromatic heterocycles. The number of thiazole rings is 1. The summed E-state index contributed by atoms with van der Waals surface area (Å²) in [5.74, 6) is -0.833. The Bertz CT molecular complexity index is 753. The molecule has 2 rings (SSSR count). The fourth-order valence-electron chi connectivity index (χ4n) is 1.98. The number of ether oxygens (including phenoxy) is 1. The summed E-state index contributed by atoms with van der Waals surface area (Å²) >= 11 is 1.09. The predicted molar refractivity (Wildman–Crippen MR) is 98.2 cm³/mol. The third kappa shape index (κ3) is 4.24. The number of esters is 1. The standard InChI is InChI=1S/C16H19N3O3S.ClH/c1-16(2,3)12-11(14(21)22-4)23-15(18-12)19-13(20)9-7-5-6-8-10(9)17;/h5-8H,17H2,1-4H3,(H,18,19,20);1H. The van der Waals surface area contributed by atoms with Crippen molar-refractivity contribution in [2.75, 3.05) is 18.2 Å². The molecule has 0 aliphatic heterocycles. The van der Waals surface area contributed by atoms with Crippen LogP contribution in [0.5, 0.6) is 0 Å². The Morgan fingerprint density at radius 2 is 1.88 bits per heavy atom. The molecule has 0 radical (unpaired) electrons. The minimum absolute atomic E-state index is 0. The number of nitrogens with one attached hydrogen (secondary N) is 1. The first-order valence-electron chi connectivity index (χ1n) is 6.99. The van der Waals surface area contributed by atoms with Gasteiger partial charge < -0.3 is 10.5 Å². The number of benzene rings is 1. The molecule has 8 heteroatoms. The highest BCUT2D eigenvalue weighted by Crippen LogP contribution is 2.33. The Hall–Kier alpha value is -2.12. The number of rotatable bonds is 3. The zero-order chi connectivity index (χ0) is 17.2. The van der Waals surface area contributed by atoms with E-state index >= 15 is 0 Å². The molecule has 0 atom stereocenters. The molecule has 0 fully saturated rings. The lowest BCUT2D eigenvalue weighted by Gasteiger charge is -2.16. The molecule has 2 aromatic rings. The molecule has 3 N–H and O–H groups in total. The molecule has 0 saturated carbocycles. The normalized spacial score (nSPS) is 10.7. The van der Waals surface area contributed by atoms with Gasteiger partial charge in [-0.3, -0.25) is 10.1 Å². The second kappa shape index (κ2) is 7.63. The lowest BCUT2D eigenvalue weighted by atomic mass is 9.91. The summed E-state index contributed by atoms with van der Waals surface area (Å²) < 4.78 is 4.79. The average Bonchev–Trinajstić information content (AvgIpc) is 2.90. The van der Waals surface area contributed by atoms with E-state index in [1.165, 1.54) is 7.11 Å². The molecule has 0 saturated heterocycles.